The van der Waals surface area contributed by atoms with E-state index in [4.69, 9.17) is 16.0 Å². The van der Waals surface area contributed by atoms with Crippen LogP contribution >= 0.6 is 11.6 Å². The number of nitrogens with zero attached hydrogens (tertiary/aromatic N) is 1. The fourth-order valence-electron chi connectivity index (χ4n) is 2.10. The van der Waals surface area contributed by atoms with E-state index in [2.05, 4.69) is 4.98 Å². The predicted octanol–water partition coefficient (Wildman–Crippen LogP) is 3.87. The highest BCUT2D eigenvalue weighted by molar-refractivity contribution is 6.31. The van der Waals surface area contributed by atoms with Gasteiger partial charge in [0.15, 0.2) is 6.10 Å². The third-order valence-corrected chi connectivity index (χ3v) is 3.40. The van der Waals surface area contributed by atoms with Crippen LogP contribution in [-0.4, -0.2) is 10.1 Å². The first-order chi connectivity index (χ1) is 9.16. The summed E-state index contributed by atoms with van der Waals surface area (Å²) in [6.45, 7) is 1.97. The molecular weight excluding hydrogens is 262 g/mol. The molecule has 1 aromatic carbocycles. The zero-order valence-corrected chi connectivity index (χ0v) is 11.1. The summed E-state index contributed by atoms with van der Waals surface area (Å²) >= 11 is 6.03. The number of halogens is 1. The lowest BCUT2D eigenvalue weighted by Crippen LogP contribution is -2.01. The van der Waals surface area contributed by atoms with Crippen molar-refractivity contribution < 1.29 is 9.52 Å². The summed E-state index contributed by atoms with van der Waals surface area (Å²) in [7, 11) is 0. The average Bonchev–Trinajstić information content (AvgIpc) is 2.84. The maximum absolute atomic E-state index is 10.3. The van der Waals surface area contributed by atoms with Crippen LogP contribution in [0.4, 0.5) is 0 Å². The molecule has 0 aliphatic heterocycles. The zero-order chi connectivity index (χ0) is 13.4. The Bertz CT molecular complexity index is 736. The van der Waals surface area contributed by atoms with Crippen molar-refractivity contribution in [1.82, 2.24) is 4.98 Å². The van der Waals surface area contributed by atoms with E-state index in [9.17, 15) is 5.11 Å². The second-order valence-electron chi connectivity index (χ2n) is 4.42. The van der Waals surface area contributed by atoms with E-state index in [0.717, 1.165) is 16.5 Å². The lowest BCUT2D eigenvalue weighted by Gasteiger charge is -2.08. The largest absolute Gasteiger partial charge is 0.458 e. The second kappa shape index (κ2) is 4.68. The van der Waals surface area contributed by atoms with Crippen LogP contribution in [0.2, 0.25) is 5.02 Å². The number of aliphatic hydroxyl groups is 1. The summed E-state index contributed by atoms with van der Waals surface area (Å²) in [5.74, 6) is 0.449. The van der Waals surface area contributed by atoms with E-state index in [1.165, 1.54) is 0 Å². The molecule has 0 bridgehead atoms. The molecule has 1 unspecified atom stereocenters. The van der Waals surface area contributed by atoms with Crippen molar-refractivity contribution >= 4 is 22.6 Å². The van der Waals surface area contributed by atoms with E-state index in [-0.39, 0.29) is 0 Å². The van der Waals surface area contributed by atoms with Gasteiger partial charge >= 0.3 is 0 Å². The summed E-state index contributed by atoms with van der Waals surface area (Å²) in [6, 6.07) is 11.1. The molecule has 3 nitrogen and oxygen atoms in total. The number of aliphatic hydroxyl groups excluding tert-OH is 1. The Morgan fingerprint density at radius 2 is 2.11 bits per heavy atom. The Labute approximate surface area is 115 Å². The molecule has 0 aliphatic rings. The standard InChI is InChI=1S/C15H12ClNO2/c1-9-4-2-5-10-8-12(19-15(9)10)14(18)13-11(16)6-3-7-17-13/h2-8,14,18H,1H3. The van der Waals surface area contributed by atoms with Crippen molar-refractivity contribution in [2.75, 3.05) is 0 Å². The summed E-state index contributed by atoms with van der Waals surface area (Å²) in [6.07, 6.45) is 0.638. The monoisotopic (exact) mass is 273 g/mol. The highest BCUT2D eigenvalue weighted by Crippen LogP contribution is 2.31. The van der Waals surface area contributed by atoms with Crippen LogP contribution in [0.5, 0.6) is 0 Å². The molecule has 3 rings (SSSR count). The second-order valence-corrected chi connectivity index (χ2v) is 4.82. The Balaban J connectivity index is 2.10. The molecule has 0 saturated heterocycles. The Hall–Kier alpha value is -1.84. The fourth-order valence-corrected chi connectivity index (χ4v) is 2.32. The average molecular weight is 274 g/mol. The normalized spacial score (nSPS) is 12.8. The molecule has 3 aromatic rings. The number of hydrogen-bond acceptors (Lipinski definition) is 3. The van der Waals surface area contributed by atoms with Gasteiger partial charge in [-0.05, 0) is 30.7 Å². The van der Waals surface area contributed by atoms with Gasteiger partial charge in [-0.1, -0.05) is 29.8 Å². The van der Waals surface area contributed by atoms with Gasteiger partial charge in [0.2, 0.25) is 0 Å². The summed E-state index contributed by atoms with van der Waals surface area (Å²) in [5, 5.41) is 11.7. The van der Waals surface area contributed by atoms with Crippen molar-refractivity contribution in [2.45, 2.75) is 13.0 Å². The number of benzene rings is 1. The first kappa shape index (κ1) is 12.2. The van der Waals surface area contributed by atoms with Gasteiger partial charge in [-0.2, -0.15) is 0 Å². The van der Waals surface area contributed by atoms with Crippen LogP contribution in [0.15, 0.2) is 47.0 Å². The minimum Gasteiger partial charge on any atom is -0.458 e. The van der Waals surface area contributed by atoms with Crippen LogP contribution in [0.3, 0.4) is 0 Å². The lowest BCUT2D eigenvalue weighted by atomic mass is 10.1. The van der Waals surface area contributed by atoms with Crippen LogP contribution in [-0.2, 0) is 0 Å². The Morgan fingerprint density at radius 3 is 2.84 bits per heavy atom. The molecule has 2 aromatic heterocycles. The van der Waals surface area contributed by atoms with E-state index in [1.807, 2.05) is 31.2 Å². The Kier molecular flexibility index (Phi) is 3.01. The number of aryl methyl sites for hydroxylation is 1. The smallest absolute Gasteiger partial charge is 0.155 e. The van der Waals surface area contributed by atoms with Crippen molar-refractivity contribution in [3.63, 3.8) is 0 Å². The molecule has 0 fully saturated rings. The predicted molar refractivity (Wildman–Crippen MR) is 74.3 cm³/mol. The van der Waals surface area contributed by atoms with Crippen LogP contribution in [0, 0.1) is 6.92 Å². The van der Waals surface area contributed by atoms with E-state index >= 15 is 0 Å². The van der Waals surface area contributed by atoms with E-state index in [0.29, 0.717) is 16.5 Å². The fraction of sp³-hybridized carbons (Fsp3) is 0.133. The number of fused-ring (bicyclic) bond motifs is 1. The summed E-state index contributed by atoms with van der Waals surface area (Å²) in [4.78, 5) is 4.11. The maximum atomic E-state index is 10.3. The van der Waals surface area contributed by atoms with Gasteiger partial charge in [0, 0.05) is 11.6 Å². The van der Waals surface area contributed by atoms with Crippen LogP contribution < -0.4 is 0 Å². The van der Waals surface area contributed by atoms with Gasteiger partial charge in [-0.3, -0.25) is 4.98 Å². The number of para-hydroxylation sites is 1. The van der Waals surface area contributed by atoms with Gasteiger partial charge in [0.25, 0.3) is 0 Å². The molecule has 19 heavy (non-hydrogen) atoms. The van der Waals surface area contributed by atoms with E-state index < -0.39 is 6.10 Å². The SMILES string of the molecule is Cc1cccc2cc(C(O)c3ncccc3Cl)oc12. The van der Waals surface area contributed by atoms with Crippen molar-refractivity contribution in [1.29, 1.82) is 0 Å². The van der Waals surface area contributed by atoms with Crippen molar-refractivity contribution in [2.24, 2.45) is 0 Å². The van der Waals surface area contributed by atoms with Gasteiger partial charge in [-0.25, -0.2) is 0 Å². The molecule has 0 spiro atoms. The molecule has 96 valence electrons. The molecule has 1 atom stereocenters. The van der Waals surface area contributed by atoms with Gasteiger partial charge in [0.1, 0.15) is 11.3 Å². The van der Waals surface area contributed by atoms with Gasteiger partial charge in [0.05, 0.1) is 10.7 Å². The first-order valence-electron chi connectivity index (χ1n) is 5.94. The number of pyridine rings is 1. The van der Waals surface area contributed by atoms with Crippen LogP contribution in [0.25, 0.3) is 11.0 Å². The summed E-state index contributed by atoms with van der Waals surface area (Å²) < 4.78 is 5.72. The number of hydrogen-bond donors (Lipinski definition) is 1. The zero-order valence-electron chi connectivity index (χ0n) is 10.3. The molecule has 1 N–H and O–H groups in total. The van der Waals surface area contributed by atoms with Crippen molar-refractivity contribution in [3.05, 3.63) is 64.6 Å². The number of furan rings is 1. The molecule has 2 heterocycles. The summed E-state index contributed by atoms with van der Waals surface area (Å²) in [5.41, 5.74) is 2.22. The highest BCUT2D eigenvalue weighted by atomic mass is 35.5. The minimum absolute atomic E-state index is 0.404. The third kappa shape index (κ3) is 2.11. The first-order valence-corrected chi connectivity index (χ1v) is 6.32. The highest BCUT2D eigenvalue weighted by Gasteiger charge is 2.19. The molecule has 4 heteroatoms. The number of rotatable bonds is 2. The maximum Gasteiger partial charge on any atom is 0.155 e. The lowest BCUT2D eigenvalue weighted by molar-refractivity contribution is 0.188. The molecule has 0 saturated carbocycles. The molecular formula is C15H12ClNO2. The molecule has 0 amide bonds. The topological polar surface area (TPSA) is 46.3 Å². The van der Waals surface area contributed by atoms with Gasteiger partial charge < -0.3 is 9.52 Å². The quantitative estimate of drug-likeness (QED) is 0.771. The van der Waals surface area contributed by atoms with E-state index in [1.54, 1.807) is 18.3 Å². The Morgan fingerprint density at radius 1 is 1.26 bits per heavy atom. The van der Waals surface area contributed by atoms with Gasteiger partial charge in [-0.15, -0.1) is 0 Å². The molecule has 0 radical (unpaired) electrons. The molecule has 0 aliphatic carbocycles. The van der Waals surface area contributed by atoms with Crippen molar-refractivity contribution in [3.8, 4) is 0 Å². The third-order valence-electron chi connectivity index (χ3n) is 3.08. The number of aromatic nitrogens is 1. The minimum atomic E-state index is -0.958. The van der Waals surface area contributed by atoms with Crippen LogP contribution in [0.1, 0.15) is 23.1 Å².